The number of carbonyl (C=O) groups excluding carboxylic acids is 1. The van der Waals surface area contributed by atoms with Crippen LogP contribution in [0.1, 0.15) is 37.7 Å². The van der Waals surface area contributed by atoms with Crippen LogP contribution >= 0.6 is 0 Å². The van der Waals surface area contributed by atoms with Gasteiger partial charge in [0.1, 0.15) is 5.41 Å². The maximum absolute atomic E-state index is 12.3. The SMILES string of the molecule is COc1ccc(CNC(=O)C2(C#N)CCCCC2)cn1. The number of nitriles is 1. The van der Waals surface area contributed by atoms with Gasteiger partial charge in [0, 0.05) is 18.8 Å². The van der Waals surface area contributed by atoms with Gasteiger partial charge in [0.05, 0.1) is 13.2 Å². The molecule has 1 N–H and O–H groups in total. The van der Waals surface area contributed by atoms with E-state index in [-0.39, 0.29) is 5.91 Å². The fourth-order valence-electron chi connectivity index (χ4n) is 2.53. The number of methoxy groups -OCH3 is 1. The number of ether oxygens (including phenoxy) is 1. The van der Waals surface area contributed by atoms with Gasteiger partial charge in [0.2, 0.25) is 11.8 Å². The molecule has 0 aromatic carbocycles. The molecule has 1 fully saturated rings. The zero-order valence-electron chi connectivity index (χ0n) is 11.7. The summed E-state index contributed by atoms with van der Waals surface area (Å²) in [5.41, 5.74) is 0.0565. The molecule has 1 aromatic rings. The van der Waals surface area contributed by atoms with Gasteiger partial charge in [-0.05, 0) is 18.4 Å². The Hall–Kier alpha value is -2.09. The molecule has 0 atom stereocenters. The normalized spacial score (nSPS) is 17.0. The Kier molecular flexibility index (Phi) is 4.57. The standard InChI is InChI=1S/C15H19N3O2/c1-20-13-6-5-12(9-17-13)10-18-14(19)15(11-16)7-3-2-4-8-15/h5-6,9H,2-4,7-8,10H2,1H3,(H,18,19). The molecule has 0 aliphatic heterocycles. The Morgan fingerprint density at radius 1 is 1.45 bits per heavy atom. The lowest BCUT2D eigenvalue weighted by Gasteiger charge is -2.29. The van der Waals surface area contributed by atoms with E-state index in [0.29, 0.717) is 25.3 Å². The molecule has 5 heteroatoms. The quantitative estimate of drug-likeness (QED) is 0.912. The van der Waals surface area contributed by atoms with Crippen molar-refractivity contribution in [1.82, 2.24) is 10.3 Å². The van der Waals surface area contributed by atoms with Gasteiger partial charge >= 0.3 is 0 Å². The first-order valence-electron chi connectivity index (χ1n) is 6.89. The summed E-state index contributed by atoms with van der Waals surface area (Å²) in [6.45, 7) is 0.388. The first-order valence-corrected chi connectivity index (χ1v) is 6.89. The Morgan fingerprint density at radius 3 is 2.75 bits per heavy atom. The minimum atomic E-state index is -0.835. The fraction of sp³-hybridized carbons (Fsp3) is 0.533. The third kappa shape index (κ3) is 3.08. The van der Waals surface area contributed by atoms with Crippen LogP contribution in [0.25, 0.3) is 0 Å². The first kappa shape index (κ1) is 14.3. The third-order valence-electron chi connectivity index (χ3n) is 3.82. The van der Waals surface area contributed by atoms with Crippen LogP contribution in [-0.2, 0) is 11.3 Å². The number of hydrogen-bond donors (Lipinski definition) is 1. The van der Waals surface area contributed by atoms with Crippen molar-refractivity contribution in [2.75, 3.05) is 7.11 Å². The minimum Gasteiger partial charge on any atom is -0.481 e. The van der Waals surface area contributed by atoms with Gasteiger partial charge in [0.25, 0.3) is 0 Å². The summed E-state index contributed by atoms with van der Waals surface area (Å²) in [4.78, 5) is 16.4. The van der Waals surface area contributed by atoms with E-state index < -0.39 is 5.41 Å². The van der Waals surface area contributed by atoms with Gasteiger partial charge < -0.3 is 10.1 Å². The molecule has 0 unspecified atom stereocenters. The van der Waals surface area contributed by atoms with Gasteiger partial charge in [-0.1, -0.05) is 25.3 Å². The van der Waals surface area contributed by atoms with Crippen LogP contribution in [0.2, 0.25) is 0 Å². The van der Waals surface area contributed by atoms with Crippen molar-refractivity contribution in [3.63, 3.8) is 0 Å². The summed E-state index contributed by atoms with van der Waals surface area (Å²) in [6, 6.07) is 5.83. The van der Waals surface area contributed by atoms with Crippen LogP contribution in [-0.4, -0.2) is 18.0 Å². The molecular weight excluding hydrogens is 254 g/mol. The molecule has 1 saturated carbocycles. The van der Waals surface area contributed by atoms with Crippen LogP contribution < -0.4 is 10.1 Å². The molecule has 2 rings (SSSR count). The van der Waals surface area contributed by atoms with Crippen molar-refractivity contribution < 1.29 is 9.53 Å². The van der Waals surface area contributed by atoms with Crippen molar-refractivity contribution in [2.24, 2.45) is 5.41 Å². The average molecular weight is 273 g/mol. The van der Waals surface area contributed by atoms with E-state index in [1.54, 1.807) is 19.4 Å². The summed E-state index contributed by atoms with van der Waals surface area (Å²) in [5.74, 6) is 0.386. The van der Waals surface area contributed by atoms with E-state index in [1.807, 2.05) is 6.07 Å². The molecule has 106 valence electrons. The molecule has 0 saturated heterocycles. The predicted octanol–water partition coefficient (Wildman–Crippen LogP) is 2.18. The second-order valence-corrected chi connectivity index (χ2v) is 5.15. The summed E-state index contributed by atoms with van der Waals surface area (Å²) in [5, 5.41) is 12.2. The highest BCUT2D eigenvalue weighted by molar-refractivity contribution is 5.85. The molecule has 1 aliphatic rings. The van der Waals surface area contributed by atoms with E-state index >= 15 is 0 Å². The fourth-order valence-corrected chi connectivity index (χ4v) is 2.53. The van der Waals surface area contributed by atoms with Crippen molar-refractivity contribution in [2.45, 2.75) is 38.6 Å². The Labute approximate surface area is 119 Å². The van der Waals surface area contributed by atoms with E-state index in [9.17, 15) is 10.1 Å². The lowest BCUT2D eigenvalue weighted by atomic mass is 9.74. The van der Waals surface area contributed by atoms with E-state index in [1.165, 1.54) is 0 Å². The highest BCUT2D eigenvalue weighted by atomic mass is 16.5. The highest BCUT2D eigenvalue weighted by Crippen LogP contribution is 2.35. The van der Waals surface area contributed by atoms with E-state index in [4.69, 9.17) is 4.74 Å². The molecule has 1 amide bonds. The van der Waals surface area contributed by atoms with Gasteiger partial charge in [-0.2, -0.15) is 5.26 Å². The van der Waals surface area contributed by atoms with Gasteiger partial charge in [-0.3, -0.25) is 4.79 Å². The average Bonchev–Trinajstić information content (AvgIpc) is 2.53. The van der Waals surface area contributed by atoms with E-state index in [2.05, 4.69) is 16.4 Å². The zero-order chi connectivity index (χ0) is 14.4. The Morgan fingerprint density at radius 2 is 2.20 bits per heavy atom. The number of rotatable bonds is 4. The van der Waals surface area contributed by atoms with E-state index in [0.717, 1.165) is 24.8 Å². The van der Waals surface area contributed by atoms with Crippen molar-refractivity contribution in [1.29, 1.82) is 5.26 Å². The van der Waals surface area contributed by atoms with Crippen LogP contribution in [0, 0.1) is 16.7 Å². The number of nitrogens with zero attached hydrogens (tertiary/aromatic N) is 2. The maximum Gasteiger partial charge on any atom is 0.240 e. The Bertz CT molecular complexity index is 499. The zero-order valence-corrected chi connectivity index (χ0v) is 11.7. The van der Waals surface area contributed by atoms with Crippen LogP contribution in [0.3, 0.4) is 0 Å². The second-order valence-electron chi connectivity index (χ2n) is 5.15. The molecular formula is C15H19N3O2. The summed E-state index contributed by atoms with van der Waals surface area (Å²) < 4.78 is 4.98. The highest BCUT2D eigenvalue weighted by Gasteiger charge is 2.39. The monoisotopic (exact) mass is 273 g/mol. The van der Waals surface area contributed by atoms with Crippen molar-refractivity contribution >= 4 is 5.91 Å². The molecule has 1 aromatic heterocycles. The number of hydrogen-bond acceptors (Lipinski definition) is 4. The molecule has 0 spiro atoms. The lowest BCUT2D eigenvalue weighted by molar-refractivity contribution is -0.129. The smallest absolute Gasteiger partial charge is 0.240 e. The second kappa shape index (κ2) is 6.38. The number of carbonyl (C=O) groups is 1. The number of amides is 1. The first-order chi connectivity index (χ1) is 9.70. The summed E-state index contributed by atoms with van der Waals surface area (Å²) >= 11 is 0. The molecule has 0 bridgehead atoms. The predicted molar refractivity (Wildman–Crippen MR) is 73.8 cm³/mol. The molecule has 5 nitrogen and oxygen atoms in total. The molecule has 1 aliphatic carbocycles. The summed E-state index contributed by atoms with van der Waals surface area (Å²) in [6.07, 6.45) is 6.00. The number of nitrogens with one attached hydrogen (secondary N) is 1. The lowest BCUT2D eigenvalue weighted by Crippen LogP contribution is -2.41. The van der Waals surface area contributed by atoms with Gasteiger partial charge in [-0.25, -0.2) is 4.98 Å². The summed E-state index contributed by atoms with van der Waals surface area (Å²) in [7, 11) is 1.56. The minimum absolute atomic E-state index is 0.157. The topological polar surface area (TPSA) is 75.0 Å². The van der Waals surface area contributed by atoms with Crippen molar-refractivity contribution in [3.8, 4) is 11.9 Å². The van der Waals surface area contributed by atoms with Crippen LogP contribution in [0.4, 0.5) is 0 Å². The third-order valence-corrected chi connectivity index (χ3v) is 3.82. The van der Waals surface area contributed by atoms with Gasteiger partial charge in [-0.15, -0.1) is 0 Å². The number of aromatic nitrogens is 1. The molecule has 20 heavy (non-hydrogen) atoms. The van der Waals surface area contributed by atoms with Crippen LogP contribution in [0.15, 0.2) is 18.3 Å². The van der Waals surface area contributed by atoms with Crippen molar-refractivity contribution in [3.05, 3.63) is 23.9 Å². The maximum atomic E-state index is 12.3. The van der Waals surface area contributed by atoms with Crippen LogP contribution in [0.5, 0.6) is 5.88 Å². The molecule has 1 heterocycles. The largest absolute Gasteiger partial charge is 0.481 e. The number of pyridine rings is 1. The molecule has 0 radical (unpaired) electrons. The Balaban J connectivity index is 1.95. The van der Waals surface area contributed by atoms with Gasteiger partial charge in [0.15, 0.2) is 0 Å².